The molecule has 1 N–H and O–H groups in total. The predicted molar refractivity (Wildman–Crippen MR) is 170 cm³/mol. The van der Waals surface area contributed by atoms with E-state index in [1.165, 1.54) is 116 Å². The van der Waals surface area contributed by atoms with Crippen LogP contribution in [0.5, 0.6) is 17.2 Å². The van der Waals surface area contributed by atoms with Crippen molar-refractivity contribution in [2.24, 2.45) is 0 Å². The van der Waals surface area contributed by atoms with Crippen LogP contribution in [0.3, 0.4) is 0 Å². The third-order valence-corrected chi connectivity index (χ3v) is 7.79. The van der Waals surface area contributed by atoms with Gasteiger partial charge in [-0.3, -0.25) is 9.59 Å². The van der Waals surface area contributed by atoms with Crippen LogP contribution in [0.15, 0.2) is 12.1 Å². The van der Waals surface area contributed by atoms with Gasteiger partial charge in [0.1, 0.15) is 0 Å². The van der Waals surface area contributed by atoms with E-state index in [1.807, 2.05) is 0 Å². The second kappa shape index (κ2) is 25.1. The Morgan fingerprint density at radius 3 is 1.19 bits per heavy atom. The van der Waals surface area contributed by atoms with Crippen LogP contribution in [0, 0.1) is 0 Å². The molecule has 0 bridgehead atoms. The Hall–Kier alpha value is -2.44. The average Bonchev–Trinajstić information content (AvgIpc) is 2.99. The summed E-state index contributed by atoms with van der Waals surface area (Å²) in [5.41, 5.74) is 0.308. The van der Waals surface area contributed by atoms with E-state index in [0.29, 0.717) is 5.56 Å². The summed E-state index contributed by atoms with van der Waals surface area (Å²) >= 11 is 0. The number of unbranched alkanes of at least 4 members (excludes halogenated alkanes) is 18. The smallest absolute Gasteiger partial charge is 0.324 e. The lowest BCUT2D eigenvalue weighted by molar-refractivity contribution is -0.157. The normalized spacial score (nSPS) is 11.1. The summed E-state index contributed by atoms with van der Waals surface area (Å²) in [6, 6.07) is 2.93. The molecule has 0 aromatic heterocycles. The van der Waals surface area contributed by atoms with Gasteiger partial charge in [0.2, 0.25) is 5.75 Å². The molecule has 0 aliphatic carbocycles. The molecule has 42 heavy (non-hydrogen) atoms. The number of methoxy groups -OCH3 is 2. The minimum atomic E-state index is -1.28. The van der Waals surface area contributed by atoms with Gasteiger partial charge in [-0.25, -0.2) is 0 Å². The largest absolute Gasteiger partial charge is 0.502 e. The molecule has 0 heterocycles. The summed E-state index contributed by atoms with van der Waals surface area (Å²) in [7, 11) is 2.81. The van der Waals surface area contributed by atoms with Gasteiger partial charge in [-0.05, 0) is 30.5 Å². The van der Waals surface area contributed by atoms with Gasteiger partial charge >= 0.3 is 11.9 Å². The van der Waals surface area contributed by atoms with Crippen molar-refractivity contribution >= 4 is 11.9 Å². The minimum Gasteiger partial charge on any atom is -0.502 e. The molecule has 242 valence electrons. The molecule has 0 unspecified atom stereocenters. The Bertz CT molecular complexity index is 776. The summed E-state index contributed by atoms with van der Waals surface area (Å²) in [6.45, 7) is 4.97. The summed E-state index contributed by atoms with van der Waals surface area (Å²) in [4.78, 5) is 26.3. The minimum absolute atomic E-state index is 0.110. The van der Waals surface area contributed by atoms with E-state index in [9.17, 15) is 14.7 Å². The highest BCUT2D eigenvalue weighted by molar-refractivity contribution is 6.01. The molecule has 0 amide bonds. The molecule has 0 spiro atoms. The molecule has 0 saturated carbocycles. The molecule has 0 aliphatic rings. The Labute approximate surface area is 256 Å². The van der Waals surface area contributed by atoms with Crippen molar-refractivity contribution < 1.29 is 33.6 Å². The standard InChI is InChI=1S/C35H60O7/c1-5-7-9-11-13-15-17-19-21-23-25-41-34(37)32(29-27-30(39-3)33(36)31(28-29)40-4)35(38)42-26-24-22-20-18-16-14-12-10-8-6-2/h27-28,32,36H,5-26H2,1-4H3. The van der Waals surface area contributed by atoms with E-state index in [4.69, 9.17) is 18.9 Å². The van der Waals surface area contributed by atoms with Crippen LogP contribution in [0.25, 0.3) is 0 Å². The molecular formula is C35H60O7. The number of benzene rings is 1. The van der Waals surface area contributed by atoms with Crippen LogP contribution in [-0.4, -0.2) is 44.5 Å². The summed E-state index contributed by atoms with van der Waals surface area (Å²) < 4.78 is 21.6. The number of rotatable bonds is 27. The van der Waals surface area contributed by atoms with E-state index in [0.717, 1.165) is 38.5 Å². The SMILES string of the molecule is CCCCCCCCCCCCOC(=O)C(C(=O)OCCCCCCCCCCCC)c1cc(OC)c(O)c(OC)c1. The average molecular weight is 593 g/mol. The topological polar surface area (TPSA) is 91.3 Å². The van der Waals surface area contributed by atoms with Gasteiger partial charge < -0.3 is 24.1 Å². The first-order valence-corrected chi connectivity index (χ1v) is 16.8. The predicted octanol–water partition coefficient (Wildman–Crippen LogP) is 9.42. The van der Waals surface area contributed by atoms with Gasteiger partial charge in [-0.2, -0.15) is 0 Å². The van der Waals surface area contributed by atoms with E-state index in [-0.39, 0.29) is 30.5 Å². The summed E-state index contributed by atoms with van der Waals surface area (Å²) in [6.07, 6.45) is 23.6. The van der Waals surface area contributed by atoms with Crippen molar-refractivity contribution in [3.05, 3.63) is 17.7 Å². The van der Waals surface area contributed by atoms with Crippen LogP contribution >= 0.6 is 0 Å². The molecule has 1 aromatic carbocycles. The lowest BCUT2D eigenvalue weighted by Crippen LogP contribution is -2.27. The zero-order valence-electron chi connectivity index (χ0n) is 27.2. The van der Waals surface area contributed by atoms with Crippen molar-refractivity contribution in [3.8, 4) is 17.2 Å². The maximum absolute atomic E-state index is 13.2. The Kier molecular flexibility index (Phi) is 22.5. The number of carbonyl (C=O) groups is 2. The summed E-state index contributed by atoms with van der Waals surface area (Å²) in [5.74, 6) is -2.57. The maximum Gasteiger partial charge on any atom is 0.324 e. The fraction of sp³-hybridized carbons (Fsp3) is 0.771. The van der Waals surface area contributed by atoms with Crippen molar-refractivity contribution in [2.75, 3.05) is 27.4 Å². The molecule has 0 radical (unpaired) electrons. The fourth-order valence-electron chi connectivity index (χ4n) is 5.14. The summed E-state index contributed by atoms with van der Waals surface area (Å²) in [5, 5.41) is 10.3. The highest BCUT2D eigenvalue weighted by Crippen LogP contribution is 2.39. The van der Waals surface area contributed by atoms with Crippen LogP contribution in [0.2, 0.25) is 0 Å². The molecule has 1 rings (SSSR count). The van der Waals surface area contributed by atoms with Gasteiger partial charge in [-0.1, -0.05) is 129 Å². The Morgan fingerprint density at radius 1 is 0.571 bits per heavy atom. The zero-order valence-corrected chi connectivity index (χ0v) is 27.2. The third-order valence-electron chi connectivity index (χ3n) is 7.79. The number of hydrogen-bond donors (Lipinski definition) is 1. The molecule has 0 fully saturated rings. The molecule has 0 atom stereocenters. The van der Waals surface area contributed by atoms with Crippen molar-refractivity contribution in [2.45, 2.75) is 148 Å². The second-order valence-electron chi connectivity index (χ2n) is 11.4. The third kappa shape index (κ3) is 16.3. The molecule has 7 heteroatoms. The van der Waals surface area contributed by atoms with E-state index >= 15 is 0 Å². The molecule has 7 nitrogen and oxygen atoms in total. The Balaban J connectivity index is 2.57. The number of ether oxygens (including phenoxy) is 4. The number of phenols is 1. The monoisotopic (exact) mass is 592 g/mol. The number of hydrogen-bond acceptors (Lipinski definition) is 7. The Morgan fingerprint density at radius 2 is 0.881 bits per heavy atom. The van der Waals surface area contributed by atoms with Crippen LogP contribution < -0.4 is 9.47 Å². The number of carbonyl (C=O) groups excluding carboxylic acids is 2. The van der Waals surface area contributed by atoms with Crippen LogP contribution in [0.4, 0.5) is 0 Å². The number of esters is 2. The lowest BCUT2D eigenvalue weighted by Gasteiger charge is -2.18. The molecule has 1 aromatic rings. The van der Waals surface area contributed by atoms with Crippen LogP contribution in [-0.2, 0) is 19.1 Å². The van der Waals surface area contributed by atoms with Gasteiger partial charge in [0, 0.05) is 0 Å². The van der Waals surface area contributed by atoms with Gasteiger partial charge in [0.05, 0.1) is 27.4 Å². The second-order valence-corrected chi connectivity index (χ2v) is 11.4. The highest BCUT2D eigenvalue weighted by atomic mass is 16.6. The first kappa shape index (κ1) is 37.6. The molecule has 0 aliphatic heterocycles. The van der Waals surface area contributed by atoms with Crippen molar-refractivity contribution in [3.63, 3.8) is 0 Å². The van der Waals surface area contributed by atoms with E-state index in [1.54, 1.807) is 0 Å². The van der Waals surface area contributed by atoms with Crippen molar-refractivity contribution in [1.82, 2.24) is 0 Å². The molecule has 0 saturated heterocycles. The van der Waals surface area contributed by atoms with Gasteiger partial charge in [-0.15, -0.1) is 0 Å². The number of phenolic OH excluding ortho intramolecular Hbond substituents is 1. The zero-order chi connectivity index (χ0) is 30.8. The van der Waals surface area contributed by atoms with Gasteiger partial charge in [0.15, 0.2) is 17.4 Å². The van der Waals surface area contributed by atoms with E-state index < -0.39 is 17.9 Å². The lowest BCUT2D eigenvalue weighted by atomic mass is 9.98. The fourth-order valence-corrected chi connectivity index (χ4v) is 5.14. The van der Waals surface area contributed by atoms with Crippen LogP contribution in [0.1, 0.15) is 154 Å². The van der Waals surface area contributed by atoms with Crippen molar-refractivity contribution in [1.29, 1.82) is 0 Å². The maximum atomic E-state index is 13.2. The quantitative estimate of drug-likeness (QED) is 0.0618. The molecular weight excluding hydrogens is 532 g/mol. The first-order chi connectivity index (χ1) is 20.5. The van der Waals surface area contributed by atoms with Gasteiger partial charge in [0.25, 0.3) is 0 Å². The van der Waals surface area contributed by atoms with E-state index in [2.05, 4.69) is 13.8 Å². The highest BCUT2D eigenvalue weighted by Gasteiger charge is 2.33. The number of aromatic hydroxyl groups is 1. The first-order valence-electron chi connectivity index (χ1n) is 16.8.